The van der Waals surface area contributed by atoms with Crippen molar-refractivity contribution in [3.05, 3.63) is 52.8 Å². The quantitative estimate of drug-likeness (QED) is 0.857. The second kappa shape index (κ2) is 5.64. The fraction of sp³-hybridized carbons (Fsp3) is 0.0769. The maximum absolute atomic E-state index is 11.8. The Morgan fingerprint density at radius 3 is 2.89 bits per heavy atom. The number of benzene rings is 1. The third-order valence-electron chi connectivity index (χ3n) is 2.31. The number of phenolic OH excluding ortho intramolecular Hbond substituents is 1. The summed E-state index contributed by atoms with van der Waals surface area (Å²) in [5.74, 6) is -0.00263. The van der Waals surface area contributed by atoms with Gasteiger partial charge in [-0.1, -0.05) is 12.1 Å². The fourth-order valence-corrected chi connectivity index (χ4v) is 1.88. The highest BCUT2D eigenvalue weighted by Gasteiger charge is 2.07. The van der Waals surface area contributed by atoms with Crippen LogP contribution in [0.25, 0.3) is 0 Å². The van der Waals surface area contributed by atoms with Crippen molar-refractivity contribution in [2.45, 2.75) is 6.42 Å². The van der Waals surface area contributed by atoms with Gasteiger partial charge in [0.25, 0.3) is 0 Å². The number of pyridine rings is 1. The number of carbonyl (C=O) groups is 1. The van der Waals surface area contributed by atoms with Crippen LogP contribution < -0.4 is 5.32 Å². The molecule has 92 valence electrons. The van der Waals surface area contributed by atoms with Crippen LogP contribution in [0.3, 0.4) is 0 Å². The van der Waals surface area contributed by atoms with E-state index in [1.165, 1.54) is 0 Å². The summed E-state index contributed by atoms with van der Waals surface area (Å²) >= 11 is 3.26. The average Bonchev–Trinajstić information content (AvgIpc) is 2.32. The molecule has 0 unspecified atom stereocenters. The molecule has 0 bridgehead atoms. The lowest BCUT2D eigenvalue weighted by Crippen LogP contribution is -2.14. The van der Waals surface area contributed by atoms with Crippen LogP contribution in [0.4, 0.5) is 5.69 Å². The van der Waals surface area contributed by atoms with E-state index in [0.29, 0.717) is 10.3 Å². The number of phenols is 1. The van der Waals surface area contributed by atoms with Crippen LogP contribution in [0.5, 0.6) is 5.75 Å². The molecule has 0 atom stereocenters. The standard InChI is InChI=1S/C13H11BrN2O2/c14-13-11(5-2-6-15-13)16-12(18)8-9-3-1-4-10(17)7-9/h1-7,17H,8H2,(H,16,18). The molecule has 1 heterocycles. The fourth-order valence-electron chi connectivity index (χ4n) is 1.53. The Morgan fingerprint density at radius 2 is 2.17 bits per heavy atom. The van der Waals surface area contributed by atoms with Crippen molar-refractivity contribution in [1.29, 1.82) is 0 Å². The molecular weight excluding hydrogens is 296 g/mol. The van der Waals surface area contributed by atoms with Crippen LogP contribution >= 0.6 is 15.9 Å². The Bertz CT molecular complexity index is 572. The summed E-state index contributed by atoms with van der Waals surface area (Å²) in [5.41, 5.74) is 1.38. The number of hydrogen-bond donors (Lipinski definition) is 2. The van der Waals surface area contributed by atoms with Crippen molar-refractivity contribution in [2.24, 2.45) is 0 Å². The Labute approximate surface area is 113 Å². The van der Waals surface area contributed by atoms with E-state index in [0.717, 1.165) is 5.56 Å². The second-order valence-electron chi connectivity index (χ2n) is 3.74. The normalized spacial score (nSPS) is 10.1. The van der Waals surface area contributed by atoms with Gasteiger partial charge in [0.15, 0.2) is 0 Å². The maximum Gasteiger partial charge on any atom is 0.228 e. The Kier molecular flexibility index (Phi) is 3.94. The molecule has 18 heavy (non-hydrogen) atoms. The molecule has 0 aliphatic rings. The first kappa shape index (κ1) is 12.6. The number of rotatable bonds is 3. The monoisotopic (exact) mass is 306 g/mol. The molecule has 1 amide bonds. The van der Waals surface area contributed by atoms with E-state index >= 15 is 0 Å². The van der Waals surface area contributed by atoms with Gasteiger partial charge in [-0.15, -0.1) is 0 Å². The molecular formula is C13H11BrN2O2. The van der Waals surface area contributed by atoms with Gasteiger partial charge in [-0.05, 0) is 45.8 Å². The molecule has 0 fully saturated rings. The molecule has 0 saturated heterocycles. The number of carbonyl (C=O) groups excluding carboxylic acids is 1. The molecule has 0 radical (unpaired) electrons. The number of hydrogen-bond acceptors (Lipinski definition) is 3. The van der Waals surface area contributed by atoms with Crippen LogP contribution in [-0.4, -0.2) is 16.0 Å². The Hall–Kier alpha value is -1.88. The Balaban J connectivity index is 2.03. The summed E-state index contributed by atoms with van der Waals surface area (Å²) in [7, 11) is 0. The molecule has 4 nitrogen and oxygen atoms in total. The van der Waals surface area contributed by atoms with Crippen LogP contribution in [0, 0.1) is 0 Å². The number of nitrogens with one attached hydrogen (secondary N) is 1. The second-order valence-corrected chi connectivity index (χ2v) is 4.49. The Morgan fingerprint density at radius 1 is 1.33 bits per heavy atom. The molecule has 0 aliphatic heterocycles. The van der Waals surface area contributed by atoms with E-state index in [1.54, 1.807) is 42.6 Å². The smallest absolute Gasteiger partial charge is 0.228 e. The minimum atomic E-state index is -0.158. The van der Waals surface area contributed by atoms with Crippen LogP contribution in [0.1, 0.15) is 5.56 Å². The van der Waals surface area contributed by atoms with Gasteiger partial charge < -0.3 is 10.4 Å². The minimum absolute atomic E-state index is 0.155. The predicted octanol–water partition coefficient (Wildman–Crippen LogP) is 2.73. The number of amides is 1. The van der Waals surface area contributed by atoms with Crippen molar-refractivity contribution in [1.82, 2.24) is 4.98 Å². The van der Waals surface area contributed by atoms with Gasteiger partial charge in [-0.2, -0.15) is 0 Å². The van der Waals surface area contributed by atoms with E-state index < -0.39 is 0 Å². The molecule has 0 saturated carbocycles. The SMILES string of the molecule is O=C(Cc1cccc(O)c1)Nc1cccnc1Br. The zero-order valence-corrected chi connectivity index (χ0v) is 11.0. The van der Waals surface area contributed by atoms with E-state index in [4.69, 9.17) is 0 Å². The summed E-state index contributed by atoms with van der Waals surface area (Å²) in [5, 5.41) is 12.1. The number of nitrogens with zero attached hydrogens (tertiary/aromatic N) is 1. The first-order valence-electron chi connectivity index (χ1n) is 5.33. The van der Waals surface area contributed by atoms with Crippen molar-refractivity contribution in [3.63, 3.8) is 0 Å². The highest BCUT2D eigenvalue weighted by molar-refractivity contribution is 9.10. The third-order valence-corrected chi connectivity index (χ3v) is 2.94. The van der Waals surface area contributed by atoms with Crippen molar-refractivity contribution >= 4 is 27.5 Å². The number of halogens is 1. The lowest BCUT2D eigenvalue weighted by atomic mass is 10.1. The van der Waals surface area contributed by atoms with Gasteiger partial charge in [0.2, 0.25) is 5.91 Å². The summed E-state index contributed by atoms with van der Waals surface area (Å²) in [6.45, 7) is 0. The molecule has 5 heteroatoms. The van der Waals surface area contributed by atoms with Crippen molar-refractivity contribution in [3.8, 4) is 5.75 Å². The van der Waals surface area contributed by atoms with Crippen LogP contribution in [-0.2, 0) is 11.2 Å². The molecule has 2 N–H and O–H groups in total. The van der Waals surface area contributed by atoms with Crippen LogP contribution in [0.2, 0.25) is 0 Å². The van der Waals surface area contributed by atoms with Crippen LogP contribution in [0.15, 0.2) is 47.2 Å². The molecule has 1 aromatic carbocycles. The zero-order valence-electron chi connectivity index (χ0n) is 9.43. The lowest BCUT2D eigenvalue weighted by molar-refractivity contribution is -0.115. The van der Waals surface area contributed by atoms with Gasteiger partial charge in [0.05, 0.1) is 12.1 Å². The molecule has 1 aromatic heterocycles. The number of aromatic hydroxyl groups is 1. The lowest BCUT2D eigenvalue weighted by Gasteiger charge is -2.06. The zero-order chi connectivity index (χ0) is 13.0. The topological polar surface area (TPSA) is 62.2 Å². The molecule has 0 spiro atoms. The largest absolute Gasteiger partial charge is 0.508 e. The van der Waals surface area contributed by atoms with Gasteiger partial charge in [-0.3, -0.25) is 4.79 Å². The molecule has 2 aromatic rings. The van der Waals surface area contributed by atoms with Gasteiger partial charge in [-0.25, -0.2) is 4.98 Å². The van der Waals surface area contributed by atoms with E-state index in [1.807, 2.05) is 0 Å². The summed E-state index contributed by atoms with van der Waals surface area (Å²) < 4.78 is 0.592. The van der Waals surface area contributed by atoms with E-state index in [2.05, 4.69) is 26.2 Å². The predicted molar refractivity (Wildman–Crippen MR) is 72.4 cm³/mol. The van der Waals surface area contributed by atoms with E-state index in [-0.39, 0.29) is 18.1 Å². The molecule has 2 rings (SSSR count). The highest BCUT2D eigenvalue weighted by atomic mass is 79.9. The van der Waals surface area contributed by atoms with Gasteiger partial charge in [0.1, 0.15) is 10.4 Å². The van der Waals surface area contributed by atoms with Gasteiger partial charge >= 0.3 is 0 Å². The summed E-state index contributed by atoms with van der Waals surface area (Å²) in [6, 6.07) is 10.1. The van der Waals surface area contributed by atoms with Gasteiger partial charge in [0, 0.05) is 6.20 Å². The molecule has 0 aliphatic carbocycles. The minimum Gasteiger partial charge on any atom is -0.508 e. The number of anilines is 1. The number of aromatic nitrogens is 1. The van der Waals surface area contributed by atoms with Crippen molar-refractivity contribution in [2.75, 3.05) is 5.32 Å². The van der Waals surface area contributed by atoms with Crippen molar-refractivity contribution < 1.29 is 9.90 Å². The first-order chi connectivity index (χ1) is 8.65. The first-order valence-corrected chi connectivity index (χ1v) is 6.13. The highest BCUT2D eigenvalue weighted by Crippen LogP contribution is 2.19. The maximum atomic E-state index is 11.8. The summed E-state index contributed by atoms with van der Waals surface area (Å²) in [4.78, 5) is 15.8. The van der Waals surface area contributed by atoms with E-state index in [9.17, 15) is 9.90 Å². The third kappa shape index (κ3) is 3.30. The summed E-state index contributed by atoms with van der Waals surface area (Å²) in [6.07, 6.45) is 1.84. The average molecular weight is 307 g/mol.